The van der Waals surface area contributed by atoms with Crippen molar-refractivity contribution in [3.8, 4) is 0 Å². The average molecular weight is 260 g/mol. The molecule has 4 heteroatoms. The summed E-state index contributed by atoms with van der Waals surface area (Å²) < 4.78 is 13.6. The van der Waals surface area contributed by atoms with E-state index >= 15 is 0 Å². The zero-order chi connectivity index (χ0) is 13.1. The molecular formula is C13H19ClFNO. The molecule has 1 aromatic carbocycles. The second-order valence-electron chi connectivity index (χ2n) is 4.85. The summed E-state index contributed by atoms with van der Waals surface area (Å²) in [4.78, 5) is 1.98. The van der Waals surface area contributed by atoms with Crippen LogP contribution >= 0.6 is 11.6 Å². The molecule has 0 heterocycles. The molecule has 0 saturated carbocycles. The minimum Gasteiger partial charge on any atom is -0.389 e. The molecule has 0 aromatic heterocycles. The first-order valence-corrected chi connectivity index (χ1v) is 6.08. The molecule has 0 radical (unpaired) electrons. The molecule has 96 valence electrons. The summed E-state index contributed by atoms with van der Waals surface area (Å²) in [6.07, 6.45) is 0. The number of nitrogens with zero attached hydrogens (tertiary/aromatic N) is 1. The second kappa shape index (κ2) is 5.80. The van der Waals surface area contributed by atoms with Gasteiger partial charge in [0.15, 0.2) is 0 Å². The van der Waals surface area contributed by atoms with E-state index < -0.39 is 5.60 Å². The van der Waals surface area contributed by atoms with Crippen molar-refractivity contribution in [1.29, 1.82) is 0 Å². The Hall–Kier alpha value is -0.640. The fourth-order valence-electron chi connectivity index (χ4n) is 1.73. The Labute approximate surface area is 107 Å². The van der Waals surface area contributed by atoms with Crippen LogP contribution in [0.4, 0.5) is 4.39 Å². The smallest absolute Gasteiger partial charge is 0.127 e. The van der Waals surface area contributed by atoms with Gasteiger partial charge in [-0.3, -0.25) is 4.90 Å². The number of benzene rings is 1. The highest BCUT2D eigenvalue weighted by Crippen LogP contribution is 2.17. The molecule has 0 amide bonds. The lowest BCUT2D eigenvalue weighted by atomic mass is 10.1. The number of hydrogen-bond acceptors (Lipinski definition) is 2. The molecule has 17 heavy (non-hydrogen) atoms. The first kappa shape index (κ1) is 14.4. The lowest BCUT2D eigenvalue weighted by Crippen LogP contribution is -2.38. The average Bonchev–Trinajstić information content (AvgIpc) is 2.20. The van der Waals surface area contributed by atoms with Crippen molar-refractivity contribution in [2.45, 2.75) is 32.9 Å². The maximum atomic E-state index is 13.6. The number of rotatable bonds is 5. The molecule has 0 bridgehead atoms. The van der Waals surface area contributed by atoms with Crippen molar-refractivity contribution < 1.29 is 9.50 Å². The van der Waals surface area contributed by atoms with Crippen LogP contribution < -0.4 is 0 Å². The van der Waals surface area contributed by atoms with E-state index in [0.717, 1.165) is 6.54 Å². The highest BCUT2D eigenvalue weighted by atomic mass is 35.5. The van der Waals surface area contributed by atoms with Crippen LogP contribution in [0.1, 0.15) is 26.3 Å². The largest absolute Gasteiger partial charge is 0.389 e. The van der Waals surface area contributed by atoms with Gasteiger partial charge in [0.05, 0.1) is 5.60 Å². The Morgan fingerprint density at radius 3 is 2.59 bits per heavy atom. The van der Waals surface area contributed by atoms with Crippen LogP contribution in [0.3, 0.4) is 0 Å². The molecule has 1 N–H and O–H groups in total. The van der Waals surface area contributed by atoms with Gasteiger partial charge in [-0.15, -0.1) is 0 Å². The molecule has 2 nitrogen and oxygen atoms in total. The second-order valence-corrected chi connectivity index (χ2v) is 5.29. The molecular weight excluding hydrogens is 241 g/mol. The number of hydrogen-bond donors (Lipinski definition) is 1. The van der Waals surface area contributed by atoms with E-state index in [1.807, 2.05) is 11.8 Å². The van der Waals surface area contributed by atoms with Gasteiger partial charge >= 0.3 is 0 Å². The quantitative estimate of drug-likeness (QED) is 0.879. The van der Waals surface area contributed by atoms with Crippen LogP contribution in [0, 0.1) is 5.82 Å². The summed E-state index contributed by atoms with van der Waals surface area (Å²) in [5.74, 6) is -0.261. The van der Waals surface area contributed by atoms with Crippen molar-refractivity contribution in [1.82, 2.24) is 4.90 Å². The maximum absolute atomic E-state index is 13.6. The number of aliphatic hydroxyl groups is 1. The molecule has 0 unspecified atom stereocenters. The van der Waals surface area contributed by atoms with Gasteiger partial charge in [-0.25, -0.2) is 4.39 Å². The van der Waals surface area contributed by atoms with Gasteiger partial charge < -0.3 is 5.11 Å². The molecule has 0 aliphatic heterocycles. The van der Waals surface area contributed by atoms with Crippen molar-refractivity contribution in [2.75, 3.05) is 13.1 Å². The van der Waals surface area contributed by atoms with Gasteiger partial charge in [0.25, 0.3) is 0 Å². The van der Waals surface area contributed by atoms with Gasteiger partial charge in [0.1, 0.15) is 5.82 Å². The Morgan fingerprint density at radius 2 is 2.06 bits per heavy atom. The molecule has 0 atom stereocenters. The van der Waals surface area contributed by atoms with Crippen LogP contribution in [0.25, 0.3) is 0 Å². The minimum absolute atomic E-state index is 0.261. The third-order valence-corrected chi connectivity index (χ3v) is 2.69. The van der Waals surface area contributed by atoms with Crippen LogP contribution in [0.15, 0.2) is 18.2 Å². The maximum Gasteiger partial charge on any atom is 0.127 e. The van der Waals surface area contributed by atoms with Crippen molar-refractivity contribution in [3.05, 3.63) is 34.6 Å². The fourth-order valence-corrected chi connectivity index (χ4v) is 1.93. The minimum atomic E-state index is -0.787. The molecule has 1 rings (SSSR count). The molecule has 1 aromatic rings. The zero-order valence-electron chi connectivity index (χ0n) is 10.5. The summed E-state index contributed by atoms with van der Waals surface area (Å²) in [6.45, 7) is 7.15. The first-order valence-electron chi connectivity index (χ1n) is 5.70. The lowest BCUT2D eigenvalue weighted by Gasteiger charge is -2.28. The molecule has 0 aliphatic carbocycles. The lowest BCUT2D eigenvalue weighted by molar-refractivity contribution is 0.0350. The monoisotopic (exact) mass is 259 g/mol. The van der Waals surface area contributed by atoms with Crippen molar-refractivity contribution in [3.63, 3.8) is 0 Å². The Balaban J connectivity index is 2.77. The highest BCUT2D eigenvalue weighted by molar-refractivity contribution is 6.30. The third-order valence-electron chi connectivity index (χ3n) is 2.46. The number of likely N-dealkylation sites (N-methyl/N-ethyl adjacent to an activating group) is 1. The summed E-state index contributed by atoms with van der Waals surface area (Å²) >= 11 is 5.84. The molecule has 0 saturated heterocycles. The predicted octanol–water partition coefficient (Wildman–Crippen LogP) is 3.07. The molecule has 0 spiro atoms. The first-order chi connectivity index (χ1) is 7.81. The van der Waals surface area contributed by atoms with Crippen LogP contribution in [-0.2, 0) is 6.54 Å². The van der Waals surface area contributed by atoms with Gasteiger partial charge in [0, 0.05) is 23.7 Å². The number of halogens is 2. The normalized spacial score (nSPS) is 12.2. The van der Waals surface area contributed by atoms with E-state index in [2.05, 4.69) is 0 Å². The van der Waals surface area contributed by atoms with Gasteiger partial charge in [0.2, 0.25) is 0 Å². The van der Waals surface area contributed by atoms with E-state index in [1.54, 1.807) is 19.9 Å². The Kier molecular flexibility index (Phi) is 4.92. The summed E-state index contributed by atoms with van der Waals surface area (Å²) in [5.41, 5.74) is -0.228. The molecule has 0 fully saturated rings. The van der Waals surface area contributed by atoms with E-state index in [0.29, 0.717) is 23.7 Å². The SMILES string of the molecule is CCN(Cc1cc(Cl)ccc1F)CC(C)(C)O. The Bertz CT molecular complexity index is 376. The zero-order valence-corrected chi connectivity index (χ0v) is 11.3. The van der Waals surface area contributed by atoms with E-state index in [1.165, 1.54) is 12.1 Å². The van der Waals surface area contributed by atoms with Gasteiger partial charge in [-0.2, -0.15) is 0 Å². The van der Waals surface area contributed by atoms with Crippen LogP contribution in [-0.4, -0.2) is 28.7 Å². The third kappa shape index (κ3) is 5.02. The van der Waals surface area contributed by atoms with E-state index in [-0.39, 0.29) is 5.82 Å². The van der Waals surface area contributed by atoms with Crippen LogP contribution in [0.5, 0.6) is 0 Å². The summed E-state index contributed by atoms with van der Waals surface area (Å²) in [7, 11) is 0. The van der Waals surface area contributed by atoms with Gasteiger partial charge in [-0.05, 0) is 38.6 Å². The Morgan fingerprint density at radius 1 is 1.41 bits per heavy atom. The molecule has 0 aliphatic rings. The topological polar surface area (TPSA) is 23.5 Å². The summed E-state index contributed by atoms with van der Waals surface area (Å²) in [5, 5.41) is 10.3. The highest BCUT2D eigenvalue weighted by Gasteiger charge is 2.18. The van der Waals surface area contributed by atoms with E-state index in [4.69, 9.17) is 11.6 Å². The van der Waals surface area contributed by atoms with Gasteiger partial charge in [-0.1, -0.05) is 18.5 Å². The predicted molar refractivity (Wildman–Crippen MR) is 68.7 cm³/mol. The standard InChI is InChI=1S/C13H19ClFNO/c1-4-16(9-13(2,3)17)8-10-7-11(14)5-6-12(10)15/h5-7,17H,4,8-9H2,1-3H3. The summed E-state index contributed by atoms with van der Waals surface area (Å²) in [6, 6.07) is 4.53. The van der Waals surface area contributed by atoms with Crippen LogP contribution in [0.2, 0.25) is 5.02 Å². The fraction of sp³-hybridized carbons (Fsp3) is 0.538. The van der Waals surface area contributed by atoms with E-state index in [9.17, 15) is 9.50 Å². The van der Waals surface area contributed by atoms with Crippen molar-refractivity contribution >= 4 is 11.6 Å². The van der Waals surface area contributed by atoms with Crippen molar-refractivity contribution in [2.24, 2.45) is 0 Å².